The quantitative estimate of drug-likeness (QED) is 0.767. The van der Waals surface area contributed by atoms with Crippen LogP contribution in [0.2, 0.25) is 0 Å². The zero-order valence-electron chi connectivity index (χ0n) is 13.2. The number of hydrogen-bond acceptors (Lipinski definition) is 4. The summed E-state index contributed by atoms with van der Waals surface area (Å²) in [7, 11) is 3.45. The van der Waals surface area contributed by atoms with Crippen molar-refractivity contribution in [3.63, 3.8) is 0 Å². The van der Waals surface area contributed by atoms with Crippen LogP contribution in [0.5, 0.6) is 0 Å². The van der Waals surface area contributed by atoms with Gasteiger partial charge in [0, 0.05) is 12.1 Å². The lowest BCUT2D eigenvalue weighted by Gasteiger charge is -2.40. The predicted octanol–water partition coefficient (Wildman–Crippen LogP) is 2.02. The van der Waals surface area contributed by atoms with Gasteiger partial charge in [0.25, 0.3) is 0 Å². The fraction of sp³-hybridized carbons (Fsp3) is 0.929. The highest BCUT2D eigenvalue weighted by molar-refractivity contribution is 5.79. The molecule has 4 nitrogen and oxygen atoms in total. The maximum absolute atomic E-state index is 11.6. The van der Waals surface area contributed by atoms with Crippen molar-refractivity contribution in [1.82, 2.24) is 4.90 Å². The van der Waals surface area contributed by atoms with Gasteiger partial charge in [0.15, 0.2) is 0 Å². The Morgan fingerprint density at radius 1 is 1.28 bits per heavy atom. The molecule has 0 heterocycles. The van der Waals surface area contributed by atoms with Gasteiger partial charge in [-0.25, -0.2) is 0 Å². The molecule has 0 rings (SSSR count). The highest BCUT2D eigenvalue weighted by Crippen LogP contribution is 2.26. The molecule has 18 heavy (non-hydrogen) atoms. The zero-order chi connectivity index (χ0) is 14.7. The van der Waals surface area contributed by atoms with Gasteiger partial charge < -0.3 is 15.4 Å². The minimum Gasteiger partial charge on any atom is -0.468 e. The van der Waals surface area contributed by atoms with Crippen molar-refractivity contribution < 1.29 is 9.53 Å². The van der Waals surface area contributed by atoms with Crippen LogP contribution in [0.15, 0.2) is 0 Å². The molecule has 0 spiro atoms. The van der Waals surface area contributed by atoms with Crippen LogP contribution in [-0.2, 0) is 9.53 Å². The number of nitrogens with two attached hydrogens (primary N) is 1. The van der Waals surface area contributed by atoms with Crippen LogP contribution >= 0.6 is 0 Å². The molecule has 0 amide bonds. The van der Waals surface area contributed by atoms with Gasteiger partial charge in [-0.2, -0.15) is 0 Å². The molecule has 0 aliphatic carbocycles. The van der Waals surface area contributed by atoms with Crippen LogP contribution in [0.1, 0.15) is 48.0 Å². The first-order valence-corrected chi connectivity index (χ1v) is 6.52. The van der Waals surface area contributed by atoms with Gasteiger partial charge in [0.05, 0.1) is 7.11 Å². The summed E-state index contributed by atoms with van der Waals surface area (Å²) >= 11 is 0. The molecule has 3 unspecified atom stereocenters. The first-order valence-electron chi connectivity index (χ1n) is 6.52. The molecule has 0 saturated heterocycles. The summed E-state index contributed by atoms with van der Waals surface area (Å²) in [6, 6.07) is 0.620. The average molecular weight is 258 g/mol. The Kier molecular flexibility index (Phi) is 5.82. The van der Waals surface area contributed by atoms with E-state index in [2.05, 4.69) is 46.6 Å². The molecule has 0 fully saturated rings. The third-order valence-electron chi connectivity index (χ3n) is 3.93. The molecule has 0 bridgehead atoms. The van der Waals surface area contributed by atoms with Crippen molar-refractivity contribution in [2.75, 3.05) is 14.2 Å². The van der Waals surface area contributed by atoms with E-state index in [9.17, 15) is 4.79 Å². The van der Waals surface area contributed by atoms with Crippen molar-refractivity contribution in [2.24, 2.45) is 11.1 Å². The molecular weight excluding hydrogens is 228 g/mol. The smallest absolute Gasteiger partial charge is 0.325 e. The number of rotatable bonds is 5. The summed E-state index contributed by atoms with van der Waals surface area (Å²) in [6.07, 6.45) is 0.580. The standard InChI is InChI=1S/C14H30N2O2/c1-10(9-14(6,15)12(17)18-8)16(7)11(2)13(3,4)5/h10-11H,9,15H2,1-8H3. The van der Waals surface area contributed by atoms with Crippen LogP contribution < -0.4 is 5.73 Å². The molecule has 0 aliphatic rings. The van der Waals surface area contributed by atoms with Gasteiger partial charge in [0.2, 0.25) is 0 Å². The third kappa shape index (κ3) is 4.58. The molecule has 0 aromatic heterocycles. The summed E-state index contributed by atoms with van der Waals surface area (Å²) < 4.78 is 4.74. The van der Waals surface area contributed by atoms with Crippen molar-refractivity contribution in [3.8, 4) is 0 Å². The predicted molar refractivity (Wildman–Crippen MR) is 75.4 cm³/mol. The van der Waals surface area contributed by atoms with E-state index in [1.165, 1.54) is 7.11 Å². The molecule has 4 heteroatoms. The second kappa shape index (κ2) is 6.02. The number of carbonyl (C=O) groups excluding carboxylic acids is 1. The van der Waals surface area contributed by atoms with E-state index in [1.54, 1.807) is 6.92 Å². The van der Waals surface area contributed by atoms with Crippen molar-refractivity contribution >= 4 is 5.97 Å². The lowest BCUT2D eigenvalue weighted by atomic mass is 9.85. The lowest BCUT2D eigenvalue weighted by molar-refractivity contribution is -0.147. The van der Waals surface area contributed by atoms with Gasteiger partial charge in [-0.1, -0.05) is 20.8 Å². The van der Waals surface area contributed by atoms with E-state index >= 15 is 0 Å². The maximum atomic E-state index is 11.6. The Hall–Kier alpha value is -0.610. The second-order valence-electron chi connectivity index (χ2n) is 6.67. The van der Waals surface area contributed by atoms with E-state index < -0.39 is 5.54 Å². The summed E-state index contributed by atoms with van der Waals surface area (Å²) in [5.74, 6) is -0.355. The Morgan fingerprint density at radius 2 is 1.72 bits per heavy atom. The maximum Gasteiger partial charge on any atom is 0.325 e. The number of esters is 1. The Labute approximate surface area is 112 Å². The lowest BCUT2D eigenvalue weighted by Crippen LogP contribution is -2.52. The SMILES string of the molecule is COC(=O)C(C)(N)CC(C)N(C)C(C)C(C)(C)C. The van der Waals surface area contributed by atoms with Crippen LogP contribution in [-0.4, -0.2) is 42.6 Å². The minimum absolute atomic E-state index is 0.194. The normalized spacial score (nSPS) is 19.2. The monoisotopic (exact) mass is 258 g/mol. The van der Waals surface area contributed by atoms with Crippen molar-refractivity contribution in [2.45, 2.75) is 65.6 Å². The second-order valence-corrected chi connectivity index (χ2v) is 6.67. The van der Waals surface area contributed by atoms with E-state index in [0.29, 0.717) is 12.5 Å². The van der Waals surface area contributed by atoms with Gasteiger partial charge in [-0.15, -0.1) is 0 Å². The molecular formula is C14H30N2O2. The van der Waals surface area contributed by atoms with Gasteiger partial charge in [0.1, 0.15) is 5.54 Å². The minimum atomic E-state index is -0.931. The Morgan fingerprint density at radius 3 is 2.06 bits per heavy atom. The number of nitrogens with zero attached hydrogens (tertiary/aromatic N) is 1. The highest BCUT2D eigenvalue weighted by Gasteiger charge is 2.35. The number of carbonyl (C=O) groups is 1. The average Bonchev–Trinajstić information content (AvgIpc) is 2.23. The first kappa shape index (κ1) is 17.4. The van der Waals surface area contributed by atoms with Gasteiger partial charge in [-0.05, 0) is 39.7 Å². The molecule has 0 aromatic carbocycles. The zero-order valence-corrected chi connectivity index (χ0v) is 13.2. The number of hydrogen-bond donors (Lipinski definition) is 1. The topological polar surface area (TPSA) is 55.6 Å². The highest BCUT2D eigenvalue weighted by atomic mass is 16.5. The van der Waals surface area contributed by atoms with Crippen LogP contribution in [0.3, 0.4) is 0 Å². The van der Waals surface area contributed by atoms with Gasteiger partial charge >= 0.3 is 5.97 Å². The summed E-state index contributed by atoms with van der Waals surface area (Å²) in [6.45, 7) is 12.7. The fourth-order valence-corrected chi connectivity index (χ4v) is 2.07. The summed E-state index contributed by atoms with van der Waals surface area (Å²) in [4.78, 5) is 13.9. The van der Waals surface area contributed by atoms with Crippen molar-refractivity contribution in [1.29, 1.82) is 0 Å². The molecule has 0 aromatic rings. The molecule has 3 atom stereocenters. The molecule has 2 N–H and O–H groups in total. The van der Waals surface area contributed by atoms with Crippen LogP contribution in [0.25, 0.3) is 0 Å². The van der Waals surface area contributed by atoms with Gasteiger partial charge in [-0.3, -0.25) is 4.79 Å². The molecule has 0 saturated carbocycles. The molecule has 0 radical (unpaired) electrons. The van der Waals surface area contributed by atoms with E-state index in [1.807, 2.05) is 0 Å². The third-order valence-corrected chi connectivity index (χ3v) is 3.93. The Bertz CT molecular complexity index is 282. The van der Waals surface area contributed by atoms with E-state index in [0.717, 1.165) is 0 Å². The van der Waals surface area contributed by atoms with Crippen LogP contribution in [0.4, 0.5) is 0 Å². The summed E-state index contributed by atoms with van der Waals surface area (Å²) in [5, 5.41) is 0. The molecule has 108 valence electrons. The Balaban J connectivity index is 4.68. The summed E-state index contributed by atoms with van der Waals surface area (Å²) in [5.41, 5.74) is 5.28. The molecule has 0 aliphatic heterocycles. The largest absolute Gasteiger partial charge is 0.468 e. The van der Waals surface area contributed by atoms with Crippen LogP contribution in [0, 0.1) is 5.41 Å². The number of methoxy groups -OCH3 is 1. The first-order chi connectivity index (χ1) is 7.93. The number of ether oxygens (including phenoxy) is 1. The van der Waals surface area contributed by atoms with Crippen molar-refractivity contribution in [3.05, 3.63) is 0 Å². The fourth-order valence-electron chi connectivity index (χ4n) is 2.07. The van der Waals surface area contributed by atoms with E-state index in [-0.39, 0.29) is 17.4 Å². The van der Waals surface area contributed by atoms with E-state index in [4.69, 9.17) is 10.5 Å².